The van der Waals surface area contributed by atoms with Crippen LogP contribution in [0.15, 0.2) is 23.5 Å². The predicted octanol–water partition coefficient (Wildman–Crippen LogP) is 1.87. The number of aryl methyl sites for hydroxylation is 1. The zero-order valence-corrected chi connectivity index (χ0v) is 8.15. The lowest BCUT2D eigenvalue weighted by molar-refractivity contribution is 1.05. The van der Waals surface area contributed by atoms with E-state index in [0.717, 1.165) is 28.3 Å². The van der Waals surface area contributed by atoms with E-state index in [1.54, 1.807) is 18.7 Å². The highest BCUT2D eigenvalue weighted by Gasteiger charge is 2.15. The van der Waals surface area contributed by atoms with Gasteiger partial charge in [0, 0.05) is 11.8 Å². The zero-order valence-electron chi connectivity index (χ0n) is 8.15. The first-order valence-electron chi connectivity index (χ1n) is 4.64. The summed E-state index contributed by atoms with van der Waals surface area (Å²) in [6.45, 7) is 1.93. The quantitative estimate of drug-likeness (QED) is 0.680. The molecule has 5 nitrogen and oxygen atoms in total. The van der Waals surface area contributed by atoms with E-state index >= 15 is 0 Å². The number of anilines is 1. The monoisotopic (exact) mass is 199 g/mol. The highest BCUT2D eigenvalue weighted by molar-refractivity contribution is 5.93. The van der Waals surface area contributed by atoms with Crippen LogP contribution in [0.3, 0.4) is 0 Å². The molecule has 0 amide bonds. The summed E-state index contributed by atoms with van der Waals surface area (Å²) in [5.74, 6) is 0. The van der Waals surface area contributed by atoms with Gasteiger partial charge in [-0.3, -0.25) is 10.1 Å². The fourth-order valence-electron chi connectivity index (χ4n) is 1.67. The van der Waals surface area contributed by atoms with Crippen molar-refractivity contribution in [1.82, 2.24) is 15.2 Å². The molecule has 0 bridgehead atoms. The Morgan fingerprint density at radius 3 is 3.20 bits per heavy atom. The standard InChI is InChI=1S/C10H9N5/c1-6-9-10(15-14-6)7-2-3-11-4-8(7)12-5-13-9/h2-5H,1H3,(H,12,13)(H,14,15). The van der Waals surface area contributed by atoms with Crippen LogP contribution in [0.4, 0.5) is 11.4 Å². The summed E-state index contributed by atoms with van der Waals surface area (Å²) in [7, 11) is 0. The molecular weight excluding hydrogens is 190 g/mol. The summed E-state index contributed by atoms with van der Waals surface area (Å²) in [5.41, 5.74) is 4.69. The molecule has 2 aromatic rings. The van der Waals surface area contributed by atoms with E-state index in [1.807, 2.05) is 13.0 Å². The Balaban J connectivity index is 2.33. The fraction of sp³-hybridized carbons (Fsp3) is 0.100. The number of nitrogens with one attached hydrogen (secondary N) is 2. The average Bonchev–Trinajstić information content (AvgIpc) is 2.53. The Hall–Kier alpha value is -2.17. The first-order chi connectivity index (χ1) is 7.36. The molecule has 2 aromatic heterocycles. The van der Waals surface area contributed by atoms with E-state index in [9.17, 15) is 0 Å². The van der Waals surface area contributed by atoms with E-state index in [4.69, 9.17) is 0 Å². The number of aromatic nitrogens is 3. The summed E-state index contributed by atoms with van der Waals surface area (Å²) < 4.78 is 0. The van der Waals surface area contributed by atoms with Gasteiger partial charge in [0.1, 0.15) is 5.69 Å². The second-order valence-electron chi connectivity index (χ2n) is 3.36. The van der Waals surface area contributed by atoms with Gasteiger partial charge >= 0.3 is 0 Å². The SMILES string of the molecule is Cc1n[nH]c2c1N=CNc1cnccc1-2. The summed E-state index contributed by atoms with van der Waals surface area (Å²) in [6.07, 6.45) is 5.19. The van der Waals surface area contributed by atoms with Crippen molar-refractivity contribution >= 4 is 17.7 Å². The third-order valence-corrected chi connectivity index (χ3v) is 2.42. The van der Waals surface area contributed by atoms with Crippen molar-refractivity contribution in [3.63, 3.8) is 0 Å². The highest BCUT2D eigenvalue weighted by atomic mass is 15.2. The van der Waals surface area contributed by atoms with Gasteiger partial charge in [-0.15, -0.1) is 0 Å². The third-order valence-electron chi connectivity index (χ3n) is 2.42. The van der Waals surface area contributed by atoms with Crippen molar-refractivity contribution in [2.75, 3.05) is 5.32 Å². The Morgan fingerprint density at radius 2 is 2.27 bits per heavy atom. The summed E-state index contributed by atoms with van der Waals surface area (Å²) in [4.78, 5) is 8.36. The molecule has 0 aromatic carbocycles. The summed E-state index contributed by atoms with van der Waals surface area (Å²) >= 11 is 0. The minimum Gasteiger partial charge on any atom is -0.345 e. The molecule has 1 aliphatic rings. The van der Waals surface area contributed by atoms with Crippen LogP contribution in [0.1, 0.15) is 5.69 Å². The lowest BCUT2D eigenvalue weighted by Gasteiger charge is -2.03. The van der Waals surface area contributed by atoms with Crippen molar-refractivity contribution in [3.05, 3.63) is 24.2 Å². The molecule has 0 radical (unpaired) electrons. The van der Waals surface area contributed by atoms with Gasteiger partial charge in [0.2, 0.25) is 0 Å². The maximum Gasteiger partial charge on any atom is 0.113 e. The third kappa shape index (κ3) is 1.13. The number of aromatic amines is 1. The van der Waals surface area contributed by atoms with Gasteiger partial charge in [-0.2, -0.15) is 5.10 Å². The zero-order chi connectivity index (χ0) is 10.3. The van der Waals surface area contributed by atoms with Crippen molar-refractivity contribution in [1.29, 1.82) is 0 Å². The first kappa shape index (κ1) is 8.16. The Bertz CT molecular complexity index is 540. The van der Waals surface area contributed by atoms with E-state index < -0.39 is 0 Å². The number of nitrogens with zero attached hydrogens (tertiary/aromatic N) is 3. The molecule has 3 rings (SSSR count). The van der Waals surface area contributed by atoms with Gasteiger partial charge in [-0.25, -0.2) is 4.99 Å². The minimum atomic E-state index is 0.882. The molecule has 0 saturated heterocycles. The van der Waals surface area contributed by atoms with E-state index in [0.29, 0.717) is 0 Å². The molecule has 5 heteroatoms. The van der Waals surface area contributed by atoms with Gasteiger partial charge in [0.25, 0.3) is 0 Å². The number of hydrogen-bond donors (Lipinski definition) is 2. The number of pyridine rings is 1. The van der Waals surface area contributed by atoms with Gasteiger partial charge in [0.15, 0.2) is 0 Å². The molecule has 0 aliphatic carbocycles. The van der Waals surface area contributed by atoms with Crippen molar-refractivity contribution in [3.8, 4) is 11.3 Å². The Morgan fingerprint density at radius 1 is 1.33 bits per heavy atom. The minimum absolute atomic E-state index is 0.882. The molecular formula is C10H9N5. The van der Waals surface area contributed by atoms with E-state index in [1.165, 1.54) is 0 Å². The average molecular weight is 199 g/mol. The van der Waals surface area contributed by atoms with Crippen molar-refractivity contribution in [2.45, 2.75) is 6.92 Å². The van der Waals surface area contributed by atoms with Crippen LogP contribution in [0.25, 0.3) is 11.3 Å². The topological polar surface area (TPSA) is 66.0 Å². The van der Waals surface area contributed by atoms with Crippen molar-refractivity contribution < 1.29 is 0 Å². The first-order valence-corrected chi connectivity index (χ1v) is 4.64. The number of hydrogen-bond acceptors (Lipinski definition) is 4. The molecule has 15 heavy (non-hydrogen) atoms. The maximum atomic E-state index is 4.30. The van der Waals surface area contributed by atoms with E-state index in [2.05, 4.69) is 25.5 Å². The van der Waals surface area contributed by atoms with Gasteiger partial charge in [-0.05, 0) is 13.0 Å². The molecule has 1 aliphatic heterocycles. The van der Waals surface area contributed by atoms with Crippen molar-refractivity contribution in [2.24, 2.45) is 4.99 Å². The molecule has 0 unspecified atom stereocenters. The molecule has 3 heterocycles. The number of fused-ring (bicyclic) bond motifs is 3. The second-order valence-corrected chi connectivity index (χ2v) is 3.36. The van der Waals surface area contributed by atoms with Crippen LogP contribution in [0.5, 0.6) is 0 Å². The summed E-state index contributed by atoms with van der Waals surface area (Å²) in [6, 6.07) is 1.94. The van der Waals surface area contributed by atoms with Crippen LogP contribution < -0.4 is 5.32 Å². The Labute approximate surface area is 86.3 Å². The number of H-pyrrole nitrogens is 1. The second kappa shape index (κ2) is 2.91. The number of aliphatic imine (C=N–C) groups is 1. The van der Waals surface area contributed by atoms with Crippen LogP contribution in [-0.4, -0.2) is 21.5 Å². The van der Waals surface area contributed by atoms with E-state index in [-0.39, 0.29) is 0 Å². The maximum absolute atomic E-state index is 4.30. The molecule has 0 spiro atoms. The Kier molecular flexibility index (Phi) is 1.58. The van der Waals surface area contributed by atoms with Gasteiger partial charge in [0.05, 0.1) is 29.6 Å². The highest BCUT2D eigenvalue weighted by Crippen LogP contribution is 2.36. The lowest BCUT2D eigenvalue weighted by Crippen LogP contribution is -1.95. The smallest absolute Gasteiger partial charge is 0.113 e. The molecule has 0 atom stereocenters. The number of rotatable bonds is 0. The summed E-state index contributed by atoms with van der Waals surface area (Å²) in [5, 5.41) is 10.2. The van der Waals surface area contributed by atoms with Crippen LogP contribution >= 0.6 is 0 Å². The molecule has 0 fully saturated rings. The molecule has 2 N–H and O–H groups in total. The predicted molar refractivity (Wildman–Crippen MR) is 58.3 cm³/mol. The van der Waals surface area contributed by atoms with Crippen LogP contribution in [0.2, 0.25) is 0 Å². The van der Waals surface area contributed by atoms with Gasteiger partial charge in [-0.1, -0.05) is 0 Å². The normalized spacial score (nSPS) is 12.6. The fourth-order valence-corrected chi connectivity index (χ4v) is 1.67. The van der Waals surface area contributed by atoms with Crippen LogP contribution in [0, 0.1) is 6.92 Å². The van der Waals surface area contributed by atoms with Crippen LogP contribution in [-0.2, 0) is 0 Å². The lowest BCUT2D eigenvalue weighted by atomic mass is 10.1. The largest absolute Gasteiger partial charge is 0.345 e. The van der Waals surface area contributed by atoms with Gasteiger partial charge < -0.3 is 5.32 Å². The molecule has 0 saturated carbocycles. The molecule has 74 valence electrons.